The summed E-state index contributed by atoms with van der Waals surface area (Å²) in [6.07, 6.45) is 0. The van der Waals surface area contributed by atoms with Gasteiger partial charge in [0, 0.05) is 31.7 Å². The molecule has 4 rings (SSSR count). The van der Waals surface area contributed by atoms with Gasteiger partial charge in [-0.25, -0.2) is 13.1 Å². The number of hydrogen-bond donors (Lipinski definition) is 1. The minimum absolute atomic E-state index is 0.0634. The first-order valence-electron chi connectivity index (χ1n) is 9.81. The Balaban J connectivity index is 1.53. The maximum absolute atomic E-state index is 12.9. The molecule has 7 nitrogen and oxygen atoms in total. The molecule has 0 unspecified atom stereocenters. The quantitative estimate of drug-likeness (QED) is 0.774. The predicted octanol–water partition coefficient (Wildman–Crippen LogP) is 2.12. The highest BCUT2D eigenvalue weighted by atomic mass is 32.2. The van der Waals surface area contributed by atoms with Crippen molar-refractivity contribution in [1.29, 1.82) is 0 Å². The number of sulfonamides is 1. The van der Waals surface area contributed by atoms with E-state index in [0.717, 1.165) is 18.7 Å². The molecular weight excluding hydrogens is 392 g/mol. The highest BCUT2D eigenvalue weighted by Gasteiger charge is 2.26. The van der Waals surface area contributed by atoms with Crippen molar-refractivity contribution in [2.45, 2.75) is 17.9 Å². The monoisotopic (exact) mass is 418 g/mol. The van der Waals surface area contributed by atoms with Crippen LogP contribution in [0.3, 0.4) is 0 Å². The van der Waals surface area contributed by atoms with Crippen molar-refractivity contribution in [3.05, 3.63) is 53.6 Å². The number of ether oxygens (including phenoxy) is 3. The van der Waals surface area contributed by atoms with Crippen LogP contribution in [0.25, 0.3) is 0 Å². The average Bonchev–Trinajstić information content (AvgIpc) is 2.75. The smallest absolute Gasteiger partial charge is 0.240 e. The molecule has 1 N–H and O–H groups in total. The highest BCUT2D eigenvalue weighted by Crippen LogP contribution is 2.32. The number of nitrogens with one attached hydrogen (secondary N) is 1. The Kier molecular flexibility index (Phi) is 6.05. The molecule has 0 bridgehead atoms. The Bertz CT molecular complexity index is 940. The molecule has 2 aromatic rings. The number of hydrogen-bond acceptors (Lipinski definition) is 6. The van der Waals surface area contributed by atoms with E-state index in [2.05, 4.69) is 33.9 Å². The molecule has 0 aliphatic carbocycles. The van der Waals surface area contributed by atoms with E-state index in [4.69, 9.17) is 14.2 Å². The van der Waals surface area contributed by atoms with Gasteiger partial charge in [-0.1, -0.05) is 29.8 Å². The van der Waals surface area contributed by atoms with Gasteiger partial charge >= 0.3 is 0 Å². The number of benzene rings is 2. The first-order chi connectivity index (χ1) is 14.0. The fourth-order valence-electron chi connectivity index (χ4n) is 3.60. The Hall–Kier alpha value is -2.13. The minimum atomic E-state index is -3.69. The summed E-state index contributed by atoms with van der Waals surface area (Å²) in [5.74, 6) is 1.03. The van der Waals surface area contributed by atoms with Gasteiger partial charge in [0.2, 0.25) is 10.0 Å². The number of rotatable bonds is 6. The van der Waals surface area contributed by atoms with Crippen LogP contribution in [0.2, 0.25) is 0 Å². The highest BCUT2D eigenvalue weighted by molar-refractivity contribution is 7.89. The van der Waals surface area contributed by atoms with Crippen LogP contribution in [-0.4, -0.2) is 59.4 Å². The number of nitrogens with zero attached hydrogens (tertiary/aromatic N) is 1. The van der Waals surface area contributed by atoms with Gasteiger partial charge in [-0.3, -0.25) is 4.90 Å². The topological polar surface area (TPSA) is 77.1 Å². The molecule has 0 radical (unpaired) electrons. The first-order valence-corrected chi connectivity index (χ1v) is 11.3. The lowest BCUT2D eigenvalue weighted by Gasteiger charge is -2.35. The summed E-state index contributed by atoms with van der Waals surface area (Å²) in [7, 11) is -3.69. The molecule has 0 aromatic heterocycles. The zero-order valence-electron chi connectivity index (χ0n) is 16.5. The van der Waals surface area contributed by atoms with Gasteiger partial charge in [0.15, 0.2) is 11.5 Å². The maximum atomic E-state index is 12.9. The summed E-state index contributed by atoms with van der Waals surface area (Å²) in [6, 6.07) is 12.9. The third-order valence-electron chi connectivity index (χ3n) is 5.24. The molecule has 29 heavy (non-hydrogen) atoms. The molecule has 1 atom stereocenters. The van der Waals surface area contributed by atoms with Crippen LogP contribution in [0.4, 0.5) is 0 Å². The standard InChI is InChI=1S/C21H26N2O5S/c1-16-2-4-17(5-3-16)19(23-8-10-26-11-9-23)15-22-29(24,25)18-6-7-20-21(14-18)28-13-12-27-20/h2-7,14,19,22H,8-13,15H2,1H3/t19-/m1/s1. The molecule has 0 spiro atoms. The van der Waals surface area contributed by atoms with Gasteiger partial charge in [-0.05, 0) is 24.6 Å². The molecule has 8 heteroatoms. The van der Waals surface area contributed by atoms with E-state index in [9.17, 15) is 8.42 Å². The van der Waals surface area contributed by atoms with E-state index in [1.165, 1.54) is 11.6 Å². The van der Waals surface area contributed by atoms with E-state index >= 15 is 0 Å². The van der Waals surface area contributed by atoms with E-state index < -0.39 is 10.0 Å². The van der Waals surface area contributed by atoms with E-state index in [1.54, 1.807) is 12.1 Å². The molecule has 0 amide bonds. The van der Waals surface area contributed by atoms with E-state index in [-0.39, 0.29) is 17.5 Å². The molecule has 2 aliphatic rings. The lowest BCUT2D eigenvalue weighted by Crippen LogP contribution is -2.43. The second-order valence-corrected chi connectivity index (χ2v) is 9.00. The van der Waals surface area contributed by atoms with Gasteiger partial charge in [-0.2, -0.15) is 0 Å². The zero-order valence-corrected chi connectivity index (χ0v) is 17.3. The van der Waals surface area contributed by atoms with Crippen LogP contribution in [0.15, 0.2) is 47.4 Å². The predicted molar refractivity (Wildman–Crippen MR) is 109 cm³/mol. The third kappa shape index (κ3) is 4.72. The lowest BCUT2D eigenvalue weighted by molar-refractivity contribution is 0.0172. The van der Waals surface area contributed by atoms with Gasteiger partial charge in [-0.15, -0.1) is 0 Å². The lowest BCUT2D eigenvalue weighted by atomic mass is 10.0. The summed E-state index contributed by atoms with van der Waals surface area (Å²) >= 11 is 0. The summed E-state index contributed by atoms with van der Waals surface area (Å²) in [4.78, 5) is 2.44. The molecule has 2 aromatic carbocycles. The van der Waals surface area contributed by atoms with Gasteiger partial charge in [0.25, 0.3) is 0 Å². The van der Waals surface area contributed by atoms with Crippen molar-refractivity contribution in [3.63, 3.8) is 0 Å². The Labute approximate surface area is 171 Å². The van der Waals surface area contributed by atoms with Gasteiger partial charge < -0.3 is 14.2 Å². The average molecular weight is 419 g/mol. The summed E-state index contributed by atoms with van der Waals surface area (Å²) in [6.45, 7) is 6.03. The third-order valence-corrected chi connectivity index (χ3v) is 6.66. The van der Waals surface area contributed by atoms with Crippen LogP contribution in [-0.2, 0) is 14.8 Å². The Morgan fingerprint density at radius 3 is 2.38 bits per heavy atom. The molecule has 1 fully saturated rings. The molecule has 2 aliphatic heterocycles. The normalized spacial score (nSPS) is 18.4. The molecule has 2 heterocycles. The summed E-state index contributed by atoms with van der Waals surface area (Å²) < 4.78 is 45.1. The van der Waals surface area contributed by atoms with E-state index in [0.29, 0.717) is 37.9 Å². The Morgan fingerprint density at radius 2 is 1.66 bits per heavy atom. The summed E-state index contributed by atoms with van der Waals surface area (Å²) in [5.41, 5.74) is 2.26. The summed E-state index contributed by atoms with van der Waals surface area (Å²) in [5, 5.41) is 0. The van der Waals surface area contributed by atoms with Crippen LogP contribution in [0, 0.1) is 6.92 Å². The largest absolute Gasteiger partial charge is 0.486 e. The van der Waals surface area contributed by atoms with Crippen LogP contribution >= 0.6 is 0 Å². The van der Waals surface area contributed by atoms with Crippen molar-refractivity contribution in [1.82, 2.24) is 9.62 Å². The SMILES string of the molecule is Cc1ccc([C@@H](CNS(=O)(=O)c2ccc3c(c2)OCCO3)N2CCOCC2)cc1. The first kappa shape index (κ1) is 20.2. The molecule has 0 saturated carbocycles. The maximum Gasteiger partial charge on any atom is 0.240 e. The van der Waals surface area contributed by atoms with Crippen molar-refractivity contribution >= 4 is 10.0 Å². The van der Waals surface area contributed by atoms with Crippen molar-refractivity contribution < 1.29 is 22.6 Å². The Morgan fingerprint density at radius 1 is 0.966 bits per heavy atom. The van der Waals surface area contributed by atoms with Gasteiger partial charge in [0.05, 0.1) is 18.1 Å². The van der Waals surface area contributed by atoms with Crippen molar-refractivity contribution in [2.75, 3.05) is 46.1 Å². The van der Waals surface area contributed by atoms with Crippen molar-refractivity contribution in [2.24, 2.45) is 0 Å². The number of morpholine rings is 1. The fraction of sp³-hybridized carbons (Fsp3) is 0.429. The fourth-order valence-corrected chi connectivity index (χ4v) is 4.65. The minimum Gasteiger partial charge on any atom is -0.486 e. The van der Waals surface area contributed by atoms with Gasteiger partial charge in [0.1, 0.15) is 13.2 Å². The van der Waals surface area contributed by atoms with Crippen molar-refractivity contribution in [3.8, 4) is 11.5 Å². The van der Waals surface area contributed by atoms with Crippen LogP contribution in [0.1, 0.15) is 17.2 Å². The van der Waals surface area contributed by atoms with E-state index in [1.807, 2.05) is 6.92 Å². The van der Waals surface area contributed by atoms with Crippen LogP contribution < -0.4 is 14.2 Å². The molecular formula is C21H26N2O5S. The van der Waals surface area contributed by atoms with Crippen LogP contribution in [0.5, 0.6) is 11.5 Å². The second-order valence-electron chi connectivity index (χ2n) is 7.23. The number of fused-ring (bicyclic) bond motifs is 1. The second kappa shape index (κ2) is 8.71. The molecule has 1 saturated heterocycles. The molecule has 156 valence electrons. The number of aryl methyl sites for hydroxylation is 1. The zero-order chi connectivity index (χ0) is 20.3.